The second-order valence-corrected chi connectivity index (χ2v) is 5.03. The van der Waals surface area contributed by atoms with Gasteiger partial charge in [-0.15, -0.1) is 0 Å². The molecule has 0 aromatic heterocycles. The van der Waals surface area contributed by atoms with Crippen LogP contribution in [-0.4, -0.2) is 5.26 Å². The summed E-state index contributed by atoms with van der Waals surface area (Å²) in [6.45, 7) is 1.39. The lowest BCUT2D eigenvalue weighted by molar-refractivity contribution is -0.295. The zero-order valence-electron chi connectivity index (χ0n) is 10.5. The monoisotopic (exact) mass is 256 g/mol. The minimum absolute atomic E-state index is 0.000848. The summed E-state index contributed by atoms with van der Waals surface area (Å²) in [4.78, 5) is 4.49. The maximum absolute atomic E-state index is 13.5. The predicted molar refractivity (Wildman–Crippen MR) is 64.1 cm³/mol. The molecule has 0 radical (unpaired) electrons. The van der Waals surface area contributed by atoms with Crippen molar-refractivity contribution >= 4 is 0 Å². The Bertz CT molecular complexity index is 391. The minimum atomic E-state index is -0.630. The molecule has 1 saturated carbocycles. The maximum atomic E-state index is 13.5. The van der Waals surface area contributed by atoms with Crippen LogP contribution in [0, 0.1) is 24.5 Å². The highest BCUT2D eigenvalue weighted by atomic mass is 19.1. The Morgan fingerprint density at radius 3 is 2.22 bits per heavy atom. The number of hydrogen-bond acceptors (Lipinski definition) is 2. The quantitative estimate of drug-likeness (QED) is 0.642. The van der Waals surface area contributed by atoms with E-state index in [-0.39, 0.29) is 11.5 Å². The lowest BCUT2D eigenvalue weighted by atomic mass is 9.82. The van der Waals surface area contributed by atoms with Gasteiger partial charge in [-0.25, -0.2) is 13.7 Å². The van der Waals surface area contributed by atoms with Gasteiger partial charge in [-0.1, -0.05) is 19.3 Å². The SMILES string of the molecule is Cc1c(F)cc(C(OO)C2CCCCC2)cc1F. The summed E-state index contributed by atoms with van der Waals surface area (Å²) in [6, 6.07) is 2.52. The van der Waals surface area contributed by atoms with Gasteiger partial charge in [-0.3, -0.25) is 5.26 Å². The van der Waals surface area contributed by atoms with Crippen LogP contribution in [0.2, 0.25) is 0 Å². The van der Waals surface area contributed by atoms with Crippen molar-refractivity contribution in [2.24, 2.45) is 5.92 Å². The van der Waals surface area contributed by atoms with Crippen LogP contribution in [-0.2, 0) is 4.89 Å². The molecule has 0 heterocycles. The summed E-state index contributed by atoms with van der Waals surface area (Å²) in [5.41, 5.74) is 0.379. The molecular weight excluding hydrogens is 238 g/mol. The molecule has 1 N–H and O–H groups in total. The van der Waals surface area contributed by atoms with Crippen molar-refractivity contribution in [3.63, 3.8) is 0 Å². The number of halogens is 2. The molecule has 4 heteroatoms. The fraction of sp³-hybridized carbons (Fsp3) is 0.571. The Balaban J connectivity index is 2.26. The molecule has 1 aliphatic rings. The van der Waals surface area contributed by atoms with Gasteiger partial charge in [0.15, 0.2) is 0 Å². The van der Waals surface area contributed by atoms with Crippen molar-refractivity contribution in [2.75, 3.05) is 0 Å². The third-order valence-electron chi connectivity index (χ3n) is 3.82. The van der Waals surface area contributed by atoms with E-state index in [1.165, 1.54) is 25.5 Å². The second-order valence-electron chi connectivity index (χ2n) is 5.03. The van der Waals surface area contributed by atoms with E-state index in [4.69, 9.17) is 5.26 Å². The molecule has 18 heavy (non-hydrogen) atoms. The van der Waals surface area contributed by atoms with Gasteiger partial charge in [-0.05, 0) is 43.4 Å². The highest BCUT2D eigenvalue weighted by molar-refractivity contribution is 5.27. The van der Waals surface area contributed by atoms with Gasteiger partial charge in [0.1, 0.15) is 17.7 Å². The molecule has 1 aromatic rings. The molecule has 0 amide bonds. The number of benzene rings is 1. The van der Waals surface area contributed by atoms with E-state index in [1.54, 1.807) is 0 Å². The Kier molecular flexibility index (Phi) is 4.30. The van der Waals surface area contributed by atoms with Crippen LogP contribution < -0.4 is 0 Å². The summed E-state index contributed by atoms with van der Waals surface area (Å²) in [5.74, 6) is -1.06. The zero-order chi connectivity index (χ0) is 13.1. The molecule has 0 saturated heterocycles. The van der Waals surface area contributed by atoms with E-state index in [2.05, 4.69) is 4.89 Å². The lowest BCUT2D eigenvalue weighted by Gasteiger charge is -2.28. The van der Waals surface area contributed by atoms with Gasteiger partial charge in [0.2, 0.25) is 0 Å². The fourth-order valence-electron chi connectivity index (χ4n) is 2.69. The molecular formula is C14H18F2O2. The molecule has 2 nitrogen and oxygen atoms in total. The molecule has 0 bridgehead atoms. The van der Waals surface area contributed by atoms with Gasteiger partial charge in [-0.2, -0.15) is 0 Å². The van der Waals surface area contributed by atoms with Crippen molar-refractivity contribution < 1.29 is 18.9 Å². The number of rotatable bonds is 3. The highest BCUT2D eigenvalue weighted by Crippen LogP contribution is 2.37. The van der Waals surface area contributed by atoms with Gasteiger partial charge in [0.05, 0.1) is 0 Å². The zero-order valence-corrected chi connectivity index (χ0v) is 10.5. The van der Waals surface area contributed by atoms with Crippen molar-refractivity contribution in [3.8, 4) is 0 Å². The van der Waals surface area contributed by atoms with Gasteiger partial charge in [0, 0.05) is 5.56 Å². The van der Waals surface area contributed by atoms with Crippen LogP contribution in [0.4, 0.5) is 8.78 Å². The molecule has 0 spiro atoms. The van der Waals surface area contributed by atoms with Crippen molar-refractivity contribution in [2.45, 2.75) is 45.1 Å². The molecule has 100 valence electrons. The summed E-state index contributed by atoms with van der Waals surface area (Å²) in [7, 11) is 0. The number of hydrogen-bond donors (Lipinski definition) is 1. The van der Waals surface area contributed by atoms with Crippen LogP contribution >= 0.6 is 0 Å². The van der Waals surface area contributed by atoms with Gasteiger partial charge >= 0.3 is 0 Å². The third kappa shape index (κ3) is 2.70. The van der Waals surface area contributed by atoms with E-state index in [9.17, 15) is 8.78 Å². The third-order valence-corrected chi connectivity index (χ3v) is 3.82. The van der Waals surface area contributed by atoms with E-state index >= 15 is 0 Å². The van der Waals surface area contributed by atoms with E-state index in [1.807, 2.05) is 0 Å². The first-order chi connectivity index (χ1) is 8.63. The van der Waals surface area contributed by atoms with Gasteiger partial charge < -0.3 is 0 Å². The summed E-state index contributed by atoms with van der Waals surface area (Å²) < 4.78 is 27.1. The normalized spacial score (nSPS) is 18.9. The average Bonchev–Trinajstić information content (AvgIpc) is 2.38. The second kappa shape index (κ2) is 5.76. The lowest BCUT2D eigenvalue weighted by Crippen LogP contribution is -2.18. The largest absolute Gasteiger partial charge is 0.251 e. The first kappa shape index (κ1) is 13.4. The molecule has 1 unspecified atom stereocenters. The Morgan fingerprint density at radius 2 is 1.72 bits per heavy atom. The molecule has 1 aliphatic carbocycles. The smallest absolute Gasteiger partial charge is 0.129 e. The van der Waals surface area contributed by atoms with Crippen LogP contribution in [0.15, 0.2) is 12.1 Å². The maximum Gasteiger partial charge on any atom is 0.129 e. The van der Waals surface area contributed by atoms with E-state index < -0.39 is 17.7 Å². The summed E-state index contributed by atoms with van der Waals surface area (Å²) >= 11 is 0. The Hall–Kier alpha value is -1.00. The van der Waals surface area contributed by atoms with Crippen LogP contribution in [0.1, 0.15) is 49.3 Å². The minimum Gasteiger partial charge on any atom is -0.251 e. The van der Waals surface area contributed by atoms with Gasteiger partial charge in [0.25, 0.3) is 0 Å². The first-order valence-corrected chi connectivity index (χ1v) is 6.39. The van der Waals surface area contributed by atoms with Crippen LogP contribution in [0.3, 0.4) is 0 Å². The highest BCUT2D eigenvalue weighted by Gasteiger charge is 2.27. The Morgan fingerprint density at radius 1 is 1.17 bits per heavy atom. The molecule has 0 aliphatic heterocycles. The topological polar surface area (TPSA) is 29.5 Å². The molecule has 1 fully saturated rings. The molecule has 2 rings (SSSR count). The summed E-state index contributed by atoms with van der Waals surface area (Å²) in [5, 5.41) is 9.04. The van der Waals surface area contributed by atoms with Crippen LogP contribution in [0.25, 0.3) is 0 Å². The molecule has 1 atom stereocenters. The first-order valence-electron chi connectivity index (χ1n) is 6.39. The fourth-order valence-corrected chi connectivity index (χ4v) is 2.69. The predicted octanol–water partition coefficient (Wildman–Crippen LogP) is 4.38. The standard InChI is InChI=1S/C14H18F2O2/c1-9-12(15)7-11(8-13(9)16)14(18-17)10-5-3-2-4-6-10/h7-8,10,14,17H,2-6H2,1H3. The Labute approximate surface area is 106 Å². The van der Waals surface area contributed by atoms with Crippen molar-refractivity contribution in [3.05, 3.63) is 34.9 Å². The van der Waals surface area contributed by atoms with Crippen LogP contribution in [0.5, 0.6) is 0 Å². The van der Waals surface area contributed by atoms with E-state index in [0.717, 1.165) is 25.7 Å². The van der Waals surface area contributed by atoms with E-state index in [0.29, 0.717) is 5.56 Å². The average molecular weight is 256 g/mol. The van der Waals surface area contributed by atoms with Crippen molar-refractivity contribution in [1.82, 2.24) is 0 Å². The van der Waals surface area contributed by atoms with Crippen molar-refractivity contribution in [1.29, 1.82) is 0 Å². The molecule has 1 aromatic carbocycles. The summed E-state index contributed by atoms with van der Waals surface area (Å²) in [6.07, 6.45) is 4.52.